The molecule has 0 fully saturated rings. The Morgan fingerprint density at radius 2 is 2.00 bits per heavy atom. The molecule has 1 atom stereocenters. The minimum atomic E-state index is -0.765. The number of nitrogens with two attached hydrogens (primary N) is 1. The molecule has 5 heteroatoms. The van der Waals surface area contributed by atoms with Crippen LogP contribution in [0.25, 0.3) is 0 Å². The Balaban J connectivity index is 2.78. The second-order valence-corrected chi connectivity index (χ2v) is 4.92. The molecule has 0 bridgehead atoms. The molecule has 1 amide bonds. The molecular formula is C13H17Cl2NO2. The number of unbranched alkanes of at least 4 members (excludes halogenated alkanes) is 1. The average Bonchev–Trinajstić information content (AvgIpc) is 2.30. The van der Waals surface area contributed by atoms with Crippen molar-refractivity contribution in [2.45, 2.75) is 38.7 Å². The van der Waals surface area contributed by atoms with Gasteiger partial charge in [-0.15, -0.1) is 0 Å². The summed E-state index contributed by atoms with van der Waals surface area (Å²) in [6.45, 7) is 2.07. The second kappa shape index (κ2) is 7.49. The van der Waals surface area contributed by atoms with Crippen LogP contribution in [0.1, 0.15) is 31.7 Å². The van der Waals surface area contributed by atoms with Crippen molar-refractivity contribution in [1.82, 2.24) is 0 Å². The van der Waals surface area contributed by atoms with Gasteiger partial charge in [0.05, 0.1) is 0 Å². The van der Waals surface area contributed by atoms with Crippen LogP contribution in [0, 0.1) is 0 Å². The Bertz CT molecular complexity index is 390. The number of amides is 1. The van der Waals surface area contributed by atoms with Crippen LogP contribution in [0.5, 0.6) is 0 Å². The summed E-state index contributed by atoms with van der Waals surface area (Å²) in [5, 5.41) is 1.16. The molecule has 1 aromatic rings. The highest BCUT2D eigenvalue weighted by Crippen LogP contribution is 2.27. The predicted molar refractivity (Wildman–Crippen MR) is 74.1 cm³/mol. The minimum Gasteiger partial charge on any atom is -0.446 e. The van der Waals surface area contributed by atoms with E-state index in [1.165, 1.54) is 0 Å². The van der Waals surface area contributed by atoms with Crippen LogP contribution in [-0.4, -0.2) is 12.2 Å². The Labute approximate surface area is 117 Å². The first-order chi connectivity index (χ1) is 8.54. The van der Waals surface area contributed by atoms with Crippen molar-refractivity contribution in [2.24, 2.45) is 5.73 Å². The number of hydrogen-bond acceptors (Lipinski definition) is 2. The van der Waals surface area contributed by atoms with Gasteiger partial charge in [-0.05, 0) is 24.1 Å². The number of primary amides is 1. The predicted octanol–water partition coefficient (Wildman–Crippen LogP) is 4.19. The number of benzene rings is 1. The van der Waals surface area contributed by atoms with Crippen molar-refractivity contribution in [2.75, 3.05) is 0 Å². The Hall–Kier alpha value is -0.930. The lowest BCUT2D eigenvalue weighted by molar-refractivity contribution is 0.0997. The van der Waals surface area contributed by atoms with Crippen LogP contribution < -0.4 is 5.73 Å². The molecule has 100 valence electrons. The largest absolute Gasteiger partial charge is 0.446 e. The summed E-state index contributed by atoms with van der Waals surface area (Å²) in [5.41, 5.74) is 5.86. The van der Waals surface area contributed by atoms with E-state index >= 15 is 0 Å². The maximum Gasteiger partial charge on any atom is 0.404 e. The molecular weight excluding hydrogens is 273 g/mol. The molecule has 2 N–H and O–H groups in total. The van der Waals surface area contributed by atoms with E-state index in [4.69, 9.17) is 33.7 Å². The van der Waals surface area contributed by atoms with E-state index in [0.29, 0.717) is 16.5 Å². The maximum absolute atomic E-state index is 10.9. The Morgan fingerprint density at radius 3 is 2.50 bits per heavy atom. The van der Waals surface area contributed by atoms with Crippen LogP contribution in [-0.2, 0) is 11.2 Å². The van der Waals surface area contributed by atoms with E-state index in [-0.39, 0.29) is 6.10 Å². The van der Waals surface area contributed by atoms with E-state index < -0.39 is 6.09 Å². The van der Waals surface area contributed by atoms with Crippen molar-refractivity contribution in [1.29, 1.82) is 0 Å². The molecule has 0 heterocycles. The summed E-state index contributed by atoms with van der Waals surface area (Å²) < 4.78 is 5.09. The van der Waals surface area contributed by atoms with Gasteiger partial charge < -0.3 is 10.5 Å². The zero-order valence-corrected chi connectivity index (χ0v) is 11.8. The summed E-state index contributed by atoms with van der Waals surface area (Å²) in [6, 6.07) is 5.32. The van der Waals surface area contributed by atoms with Crippen molar-refractivity contribution < 1.29 is 9.53 Å². The van der Waals surface area contributed by atoms with Crippen molar-refractivity contribution in [3.8, 4) is 0 Å². The SMILES string of the molecule is CCCC[C@@H](Cc1c(Cl)cccc1Cl)OC(N)=O. The van der Waals surface area contributed by atoms with Gasteiger partial charge in [-0.3, -0.25) is 0 Å². The topological polar surface area (TPSA) is 52.3 Å². The zero-order valence-electron chi connectivity index (χ0n) is 10.3. The van der Waals surface area contributed by atoms with Gasteiger partial charge in [-0.1, -0.05) is 49.0 Å². The lowest BCUT2D eigenvalue weighted by Crippen LogP contribution is -2.25. The van der Waals surface area contributed by atoms with Crippen LogP contribution >= 0.6 is 23.2 Å². The number of rotatable bonds is 6. The van der Waals surface area contributed by atoms with E-state index in [1.807, 2.05) is 0 Å². The molecule has 0 spiro atoms. The summed E-state index contributed by atoms with van der Waals surface area (Å²) in [7, 11) is 0. The fourth-order valence-corrected chi connectivity index (χ4v) is 2.31. The number of hydrogen-bond donors (Lipinski definition) is 1. The van der Waals surface area contributed by atoms with Gasteiger partial charge in [-0.25, -0.2) is 4.79 Å². The molecule has 3 nitrogen and oxygen atoms in total. The molecule has 0 radical (unpaired) electrons. The lowest BCUT2D eigenvalue weighted by Gasteiger charge is -2.17. The number of ether oxygens (including phenoxy) is 1. The Morgan fingerprint density at radius 1 is 1.39 bits per heavy atom. The van der Waals surface area contributed by atoms with Gasteiger partial charge in [0.1, 0.15) is 6.10 Å². The summed E-state index contributed by atoms with van der Waals surface area (Å²) >= 11 is 12.2. The minimum absolute atomic E-state index is 0.278. The van der Waals surface area contributed by atoms with Gasteiger partial charge in [0.25, 0.3) is 0 Å². The van der Waals surface area contributed by atoms with E-state index in [0.717, 1.165) is 24.8 Å². The normalized spacial score (nSPS) is 12.2. The summed E-state index contributed by atoms with van der Waals surface area (Å²) in [6.07, 6.45) is 2.18. The second-order valence-electron chi connectivity index (χ2n) is 4.11. The van der Waals surface area contributed by atoms with Crippen molar-refractivity contribution in [3.63, 3.8) is 0 Å². The van der Waals surface area contributed by atoms with Crippen LogP contribution in [0.4, 0.5) is 4.79 Å². The van der Waals surface area contributed by atoms with Gasteiger partial charge in [0.15, 0.2) is 0 Å². The fourth-order valence-electron chi connectivity index (χ4n) is 1.75. The van der Waals surface area contributed by atoms with Gasteiger partial charge >= 0.3 is 6.09 Å². The first kappa shape index (κ1) is 15.1. The summed E-state index contributed by atoms with van der Waals surface area (Å²) in [4.78, 5) is 10.9. The first-order valence-corrected chi connectivity index (χ1v) is 6.69. The quantitative estimate of drug-likeness (QED) is 0.854. The third-order valence-corrected chi connectivity index (χ3v) is 3.36. The van der Waals surface area contributed by atoms with Gasteiger partial charge in [0.2, 0.25) is 0 Å². The van der Waals surface area contributed by atoms with Crippen molar-refractivity contribution >= 4 is 29.3 Å². The number of halogens is 2. The number of carbonyl (C=O) groups is 1. The molecule has 0 aliphatic carbocycles. The molecule has 0 saturated heterocycles. The molecule has 1 rings (SSSR count). The molecule has 18 heavy (non-hydrogen) atoms. The molecule has 1 aromatic carbocycles. The van der Waals surface area contributed by atoms with Crippen molar-refractivity contribution in [3.05, 3.63) is 33.8 Å². The molecule has 0 aromatic heterocycles. The monoisotopic (exact) mass is 289 g/mol. The molecule has 0 unspecified atom stereocenters. The van der Waals surface area contributed by atoms with Gasteiger partial charge in [0, 0.05) is 16.5 Å². The van der Waals surface area contributed by atoms with Gasteiger partial charge in [-0.2, -0.15) is 0 Å². The van der Waals surface area contributed by atoms with Crippen LogP contribution in [0.3, 0.4) is 0 Å². The highest BCUT2D eigenvalue weighted by atomic mass is 35.5. The van der Waals surface area contributed by atoms with E-state index in [9.17, 15) is 4.79 Å². The lowest BCUT2D eigenvalue weighted by atomic mass is 10.0. The Kier molecular flexibility index (Phi) is 6.30. The van der Waals surface area contributed by atoms with Crippen LogP contribution in [0.15, 0.2) is 18.2 Å². The van der Waals surface area contributed by atoms with Crippen LogP contribution in [0.2, 0.25) is 10.0 Å². The standard InChI is InChI=1S/C13H17Cl2NO2/c1-2-3-5-9(18-13(16)17)8-10-11(14)6-4-7-12(10)15/h4,6-7,9H,2-3,5,8H2,1H3,(H2,16,17)/t9-/m0/s1. The van der Waals surface area contributed by atoms with E-state index in [1.54, 1.807) is 18.2 Å². The molecule has 0 aliphatic rings. The summed E-state index contributed by atoms with van der Waals surface area (Å²) in [5.74, 6) is 0. The third kappa shape index (κ3) is 4.75. The maximum atomic E-state index is 10.9. The smallest absolute Gasteiger partial charge is 0.404 e. The fraction of sp³-hybridized carbons (Fsp3) is 0.462. The molecule has 0 aliphatic heterocycles. The first-order valence-electron chi connectivity index (χ1n) is 5.93. The number of carbonyl (C=O) groups excluding carboxylic acids is 1. The van der Waals surface area contributed by atoms with E-state index in [2.05, 4.69) is 6.92 Å². The highest BCUT2D eigenvalue weighted by molar-refractivity contribution is 6.36. The highest BCUT2D eigenvalue weighted by Gasteiger charge is 2.16. The average molecular weight is 290 g/mol. The molecule has 0 saturated carbocycles. The zero-order chi connectivity index (χ0) is 13.5. The third-order valence-electron chi connectivity index (χ3n) is 2.66.